The summed E-state index contributed by atoms with van der Waals surface area (Å²) in [6.07, 6.45) is 1.17. The number of hydrogen-bond donors (Lipinski definition) is 2. The average Bonchev–Trinajstić information content (AvgIpc) is 3.51. The molecular weight excluding hydrogens is 442 g/mol. The number of nitrogens with one attached hydrogen (secondary N) is 1. The van der Waals surface area contributed by atoms with E-state index in [1.807, 2.05) is 0 Å². The largest absolute Gasteiger partial charge is 0.493 e. The lowest BCUT2D eigenvalue weighted by Gasteiger charge is -2.65. The summed E-state index contributed by atoms with van der Waals surface area (Å²) in [6.45, 7) is 2.63. The summed E-state index contributed by atoms with van der Waals surface area (Å²) in [5.74, 6) is -1.05. The Balaban J connectivity index is 1.32. The minimum absolute atomic E-state index is 0.00795. The van der Waals surface area contributed by atoms with Gasteiger partial charge in [0.25, 0.3) is 5.91 Å². The van der Waals surface area contributed by atoms with E-state index in [-0.39, 0.29) is 11.3 Å². The summed E-state index contributed by atoms with van der Waals surface area (Å²) in [5.41, 5.74) is -0.0297. The third-order valence-corrected chi connectivity index (χ3v) is 8.14. The second kappa shape index (κ2) is 7.60. The van der Waals surface area contributed by atoms with Crippen molar-refractivity contribution in [1.82, 2.24) is 5.32 Å². The predicted octanol–water partition coefficient (Wildman–Crippen LogP) is 4.90. The van der Waals surface area contributed by atoms with Gasteiger partial charge in [0.2, 0.25) is 6.04 Å². The van der Waals surface area contributed by atoms with Crippen molar-refractivity contribution >= 4 is 11.9 Å². The smallest absolute Gasteiger partial charge is 0.419 e. The molecule has 9 heteroatoms. The molecule has 5 rings (SSSR count). The highest BCUT2D eigenvalue weighted by molar-refractivity contribution is 5.97. The lowest BCUT2D eigenvalue weighted by atomic mass is 9.40. The highest BCUT2D eigenvalue weighted by Crippen LogP contribution is 2.67. The van der Waals surface area contributed by atoms with Gasteiger partial charge in [0.15, 0.2) is 0 Å². The van der Waals surface area contributed by atoms with Gasteiger partial charge in [-0.1, -0.05) is 6.92 Å². The number of hydrogen-bond acceptors (Lipinski definition) is 3. The van der Waals surface area contributed by atoms with Gasteiger partial charge in [-0.25, -0.2) is 9.18 Å². The van der Waals surface area contributed by atoms with Gasteiger partial charge < -0.3 is 15.2 Å². The van der Waals surface area contributed by atoms with E-state index in [0.29, 0.717) is 17.9 Å². The van der Waals surface area contributed by atoms with Crippen LogP contribution in [0.4, 0.5) is 17.6 Å². The summed E-state index contributed by atoms with van der Waals surface area (Å²) in [5, 5.41) is 10.2. The summed E-state index contributed by atoms with van der Waals surface area (Å²) in [7, 11) is 0. The Kier molecular flexibility index (Phi) is 5.17. The number of carboxylic acids is 1. The first-order valence-corrected chi connectivity index (χ1v) is 11.5. The van der Waals surface area contributed by atoms with Crippen LogP contribution in [0, 0.1) is 34.9 Å². The van der Waals surface area contributed by atoms with E-state index in [4.69, 9.17) is 9.84 Å². The Hall–Kier alpha value is -2.32. The maximum Gasteiger partial charge on any atom is 0.419 e. The molecule has 4 aliphatic carbocycles. The number of ether oxygens (including phenoxy) is 1. The minimum Gasteiger partial charge on any atom is -0.493 e. The molecule has 5 nitrogen and oxygen atoms in total. The molecule has 180 valence electrons. The number of amides is 1. The molecular formula is C24H27F4NO4. The van der Waals surface area contributed by atoms with Crippen molar-refractivity contribution in [2.75, 3.05) is 6.61 Å². The number of benzene rings is 1. The fourth-order valence-corrected chi connectivity index (χ4v) is 6.50. The number of halogens is 4. The van der Waals surface area contributed by atoms with Gasteiger partial charge in [-0.05, 0) is 79.7 Å². The van der Waals surface area contributed by atoms with Crippen molar-refractivity contribution in [2.45, 2.75) is 63.6 Å². The van der Waals surface area contributed by atoms with Gasteiger partial charge in [0, 0.05) is 11.5 Å². The quantitative estimate of drug-likeness (QED) is 0.557. The molecule has 0 aromatic heterocycles. The molecule has 3 unspecified atom stereocenters. The van der Waals surface area contributed by atoms with E-state index in [1.165, 1.54) is 24.2 Å². The number of rotatable bonds is 7. The number of aliphatic carboxylic acids is 1. The summed E-state index contributed by atoms with van der Waals surface area (Å²) in [4.78, 5) is 23.3. The zero-order chi connectivity index (χ0) is 23.7. The minimum atomic E-state index is -5.20. The van der Waals surface area contributed by atoms with Crippen LogP contribution >= 0.6 is 0 Å². The van der Waals surface area contributed by atoms with Gasteiger partial charge >= 0.3 is 12.1 Å². The first-order valence-electron chi connectivity index (χ1n) is 11.5. The Morgan fingerprint density at radius 2 is 1.82 bits per heavy atom. The number of carboxylic acid groups (broad SMARTS) is 1. The van der Waals surface area contributed by atoms with E-state index in [1.54, 1.807) is 0 Å². The molecule has 3 atom stereocenters. The standard InChI is InChI=1S/C24H27F4NO4/c1-23(8-13-4-12-5-14(9-23)19(12)13)10-33-18-7-17(25)16(6-15(18)11-2-3-11)21(30)29-20(22(31)32)24(26,27)28/h6-7,11-14,19-20H,2-5,8-10H2,1H3,(H,29,30)(H,31,32). The number of carbonyl (C=O) groups excluding carboxylic acids is 1. The molecule has 0 bridgehead atoms. The van der Waals surface area contributed by atoms with E-state index in [2.05, 4.69) is 6.92 Å². The maximum atomic E-state index is 14.8. The SMILES string of the molecule is CC1(COc2cc(F)c(C(=O)NC(C(=O)O)C(F)(F)F)cc2C2CC2)CC2CC3CC(C1)C32. The fourth-order valence-electron chi connectivity index (χ4n) is 6.50. The van der Waals surface area contributed by atoms with Crippen molar-refractivity contribution in [3.8, 4) is 5.75 Å². The van der Waals surface area contributed by atoms with Crippen LogP contribution in [0.5, 0.6) is 5.75 Å². The van der Waals surface area contributed by atoms with Crippen LogP contribution in [0.15, 0.2) is 12.1 Å². The van der Waals surface area contributed by atoms with Crippen molar-refractivity contribution in [3.05, 3.63) is 29.1 Å². The van der Waals surface area contributed by atoms with Gasteiger partial charge in [-0.15, -0.1) is 0 Å². The Bertz CT molecular complexity index is 973. The van der Waals surface area contributed by atoms with E-state index < -0.39 is 35.5 Å². The lowest BCUT2D eigenvalue weighted by Crippen LogP contribution is -2.58. The predicted molar refractivity (Wildman–Crippen MR) is 109 cm³/mol. The van der Waals surface area contributed by atoms with Crippen LogP contribution in [0.3, 0.4) is 0 Å². The molecule has 1 aromatic rings. The van der Waals surface area contributed by atoms with Crippen molar-refractivity contribution < 1.29 is 37.0 Å². The van der Waals surface area contributed by atoms with Crippen LogP contribution in [0.1, 0.15) is 67.3 Å². The van der Waals surface area contributed by atoms with E-state index in [9.17, 15) is 27.2 Å². The van der Waals surface area contributed by atoms with Crippen LogP contribution in [0.25, 0.3) is 0 Å². The number of alkyl halides is 3. The molecule has 33 heavy (non-hydrogen) atoms. The number of carbonyl (C=O) groups is 2. The summed E-state index contributed by atoms with van der Waals surface area (Å²) in [6, 6.07) is -0.837. The van der Waals surface area contributed by atoms with Crippen molar-refractivity contribution in [3.63, 3.8) is 0 Å². The first kappa shape index (κ1) is 22.5. The van der Waals surface area contributed by atoms with Crippen LogP contribution in [-0.4, -0.2) is 35.8 Å². The zero-order valence-electron chi connectivity index (χ0n) is 18.3. The second-order valence-electron chi connectivity index (χ2n) is 10.8. The van der Waals surface area contributed by atoms with Crippen LogP contribution in [-0.2, 0) is 4.79 Å². The van der Waals surface area contributed by atoms with Gasteiger partial charge in [0.1, 0.15) is 11.6 Å². The molecule has 1 aromatic carbocycles. The monoisotopic (exact) mass is 469 g/mol. The molecule has 0 saturated heterocycles. The second-order valence-corrected chi connectivity index (χ2v) is 10.8. The van der Waals surface area contributed by atoms with E-state index >= 15 is 0 Å². The molecule has 1 amide bonds. The molecule has 0 aliphatic heterocycles. The fraction of sp³-hybridized carbons (Fsp3) is 0.667. The molecule has 0 spiro atoms. The zero-order valence-corrected chi connectivity index (χ0v) is 18.3. The van der Waals surface area contributed by atoms with Crippen molar-refractivity contribution in [2.24, 2.45) is 29.1 Å². The average molecular weight is 469 g/mol. The lowest BCUT2D eigenvalue weighted by molar-refractivity contribution is -0.178. The molecule has 4 fully saturated rings. The normalized spacial score (nSPS) is 33.2. The Morgan fingerprint density at radius 1 is 1.18 bits per heavy atom. The third-order valence-electron chi connectivity index (χ3n) is 8.14. The van der Waals surface area contributed by atoms with E-state index in [0.717, 1.165) is 55.4 Å². The summed E-state index contributed by atoms with van der Waals surface area (Å²) >= 11 is 0. The Morgan fingerprint density at radius 3 is 2.33 bits per heavy atom. The highest BCUT2D eigenvalue weighted by Gasteiger charge is 2.59. The third kappa shape index (κ3) is 4.08. The van der Waals surface area contributed by atoms with Crippen LogP contribution < -0.4 is 10.1 Å². The molecule has 2 N–H and O–H groups in total. The van der Waals surface area contributed by atoms with Gasteiger partial charge in [0.05, 0.1) is 12.2 Å². The Labute approximate surface area is 188 Å². The molecule has 0 heterocycles. The molecule has 4 aliphatic rings. The maximum absolute atomic E-state index is 14.8. The van der Waals surface area contributed by atoms with Gasteiger partial charge in [-0.3, -0.25) is 4.79 Å². The molecule has 4 saturated carbocycles. The summed E-state index contributed by atoms with van der Waals surface area (Å²) < 4.78 is 59.7. The van der Waals surface area contributed by atoms with Crippen molar-refractivity contribution in [1.29, 1.82) is 0 Å². The topological polar surface area (TPSA) is 75.6 Å². The molecule has 0 radical (unpaired) electrons. The highest BCUT2D eigenvalue weighted by atomic mass is 19.4. The van der Waals surface area contributed by atoms with Gasteiger partial charge in [-0.2, -0.15) is 13.2 Å². The van der Waals surface area contributed by atoms with Crippen LogP contribution in [0.2, 0.25) is 0 Å². The first-order chi connectivity index (χ1) is 15.4.